The fourth-order valence-electron chi connectivity index (χ4n) is 2.83. The molecule has 1 aromatic rings. The zero-order valence-electron chi connectivity index (χ0n) is 12.1. The van der Waals surface area contributed by atoms with Crippen LogP contribution in [0.25, 0.3) is 0 Å². The highest BCUT2D eigenvalue weighted by atomic mass is 19.1. The Morgan fingerprint density at radius 2 is 1.85 bits per heavy atom. The van der Waals surface area contributed by atoms with Crippen molar-refractivity contribution < 1.29 is 4.39 Å². The van der Waals surface area contributed by atoms with Crippen molar-refractivity contribution in [2.75, 3.05) is 18.0 Å². The molecular formula is C16H24FN3. The van der Waals surface area contributed by atoms with Gasteiger partial charge in [-0.3, -0.25) is 0 Å². The Kier molecular flexibility index (Phi) is 4.51. The van der Waals surface area contributed by atoms with Gasteiger partial charge in [-0.2, -0.15) is 0 Å². The van der Waals surface area contributed by atoms with Crippen LogP contribution < -0.4 is 10.2 Å². The number of nitrogens with zero attached hydrogens (tertiary/aromatic N) is 2. The largest absolute Gasteiger partial charge is 0.354 e. The topological polar surface area (TPSA) is 28.2 Å². The van der Waals surface area contributed by atoms with Gasteiger partial charge in [-0.25, -0.2) is 9.37 Å². The Hall–Kier alpha value is -1.16. The molecule has 1 aromatic heterocycles. The molecule has 4 heteroatoms. The lowest BCUT2D eigenvalue weighted by Gasteiger charge is -2.26. The summed E-state index contributed by atoms with van der Waals surface area (Å²) in [5.41, 5.74) is 0.754. The lowest BCUT2D eigenvalue weighted by Crippen LogP contribution is -2.29. The van der Waals surface area contributed by atoms with Gasteiger partial charge >= 0.3 is 0 Å². The minimum atomic E-state index is -0.124. The molecule has 0 unspecified atom stereocenters. The van der Waals surface area contributed by atoms with E-state index in [1.54, 1.807) is 12.3 Å². The van der Waals surface area contributed by atoms with Crippen LogP contribution in [0.1, 0.15) is 50.5 Å². The maximum Gasteiger partial charge on any atom is 0.170 e. The number of rotatable bonds is 4. The summed E-state index contributed by atoms with van der Waals surface area (Å²) in [5.74, 6) is 0.434. The number of aromatic nitrogens is 1. The molecular weight excluding hydrogens is 253 g/mol. The van der Waals surface area contributed by atoms with E-state index in [0.717, 1.165) is 31.5 Å². The number of pyridine rings is 1. The summed E-state index contributed by atoms with van der Waals surface area (Å²) < 4.78 is 14.6. The molecule has 3 rings (SSSR count). The van der Waals surface area contributed by atoms with Gasteiger partial charge in [0.15, 0.2) is 11.6 Å². The smallest absolute Gasteiger partial charge is 0.170 e. The normalized spacial score (nSPS) is 20.6. The number of halogens is 1. The third-order valence-corrected chi connectivity index (χ3v) is 4.26. The molecule has 2 heterocycles. The van der Waals surface area contributed by atoms with Crippen LogP contribution in [0.5, 0.6) is 0 Å². The molecule has 20 heavy (non-hydrogen) atoms. The van der Waals surface area contributed by atoms with Crippen LogP contribution in [0, 0.1) is 5.82 Å². The van der Waals surface area contributed by atoms with Crippen LogP contribution >= 0.6 is 0 Å². The highest BCUT2D eigenvalue weighted by molar-refractivity contribution is 5.43. The first-order chi connectivity index (χ1) is 9.84. The van der Waals surface area contributed by atoms with E-state index in [0.29, 0.717) is 18.4 Å². The second-order valence-corrected chi connectivity index (χ2v) is 6.02. The van der Waals surface area contributed by atoms with Gasteiger partial charge in [0.1, 0.15) is 0 Å². The van der Waals surface area contributed by atoms with Crippen molar-refractivity contribution in [2.45, 2.75) is 57.5 Å². The average molecular weight is 277 g/mol. The van der Waals surface area contributed by atoms with Crippen LogP contribution in [0.2, 0.25) is 0 Å². The van der Waals surface area contributed by atoms with Gasteiger partial charge in [-0.05, 0) is 31.7 Å². The maximum atomic E-state index is 14.6. The predicted octanol–water partition coefficient (Wildman–Crippen LogP) is 3.24. The molecule has 1 aliphatic heterocycles. The molecule has 0 aromatic carbocycles. The van der Waals surface area contributed by atoms with Crippen molar-refractivity contribution in [3.05, 3.63) is 23.6 Å². The van der Waals surface area contributed by atoms with E-state index >= 15 is 0 Å². The predicted molar refractivity (Wildman–Crippen MR) is 79.4 cm³/mol. The molecule has 3 nitrogen and oxygen atoms in total. The fraction of sp³-hybridized carbons (Fsp3) is 0.688. The minimum Gasteiger partial charge on any atom is -0.354 e. The number of hydrogen-bond donors (Lipinski definition) is 1. The number of anilines is 1. The molecule has 110 valence electrons. The van der Waals surface area contributed by atoms with E-state index in [-0.39, 0.29) is 5.82 Å². The molecule has 2 aliphatic rings. The minimum absolute atomic E-state index is 0.124. The van der Waals surface area contributed by atoms with Crippen molar-refractivity contribution in [3.8, 4) is 0 Å². The summed E-state index contributed by atoms with van der Waals surface area (Å²) in [6.07, 6.45) is 10.3. The monoisotopic (exact) mass is 277 g/mol. The van der Waals surface area contributed by atoms with E-state index in [4.69, 9.17) is 0 Å². The summed E-state index contributed by atoms with van der Waals surface area (Å²) in [5, 5.41) is 3.38. The first kappa shape index (κ1) is 13.8. The molecule has 1 saturated carbocycles. The molecule has 0 amide bonds. The van der Waals surface area contributed by atoms with E-state index < -0.39 is 0 Å². The van der Waals surface area contributed by atoms with E-state index in [1.807, 2.05) is 0 Å². The Labute approximate surface area is 120 Å². The molecule has 0 spiro atoms. The Bertz CT molecular complexity index is 437. The molecule has 0 atom stereocenters. The van der Waals surface area contributed by atoms with Crippen molar-refractivity contribution in [1.29, 1.82) is 0 Å². The number of nitrogens with one attached hydrogen (secondary N) is 1. The van der Waals surface area contributed by atoms with Gasteiger partial charge in [0, 0.05) is 37.4 Å². The fourth-order valence-corrected chi connectivity index (χ4v) is 2.83. The molecule has 0 radical (unpaired) electrons. The van der Waals surface area contributed by atoms with Crippen molar-refractivity contribution in [1.82, 2.24) is 10.3 Å². The van der Waals surface area contributed by atoms with Crippen molar-refractivity contribution >= 4 is 5.82 Å². The first-order valence-corrected chi connectivity index (χ1v) is 7.96. The zero-order valence-corrected chi connectivity index (χ0v) is 12.1. The second kappa shape index (κ2) is 6.53. The summed E-state index contributed by atoms with van der Waals surface area (Å²) in [7, 11) is 0. The van der Waals surface area contributed by atoms with Crippen LogP contribution in [-0.4, -0.2) is 24.1 Å². The zero-order chi connectivity index (χ0) is 13.8. The highest BCUT2D eigenvalue weighted by Gasteiger charge is 2.22. The molecule has 1 saturated heterocycles. The van der Waals surface area contributed by atoms with Gasteiger partial charge in [-0.1, -0.05) is 19.3 Å². The Balaban J connectivity index is 1.71. The SMILES string of the molecule is Fc1c(CNC2CC2)ccnc1N1CCCCCCC1. The van der Waals surface area contributed by atoms with Crippen LogP contribution in [0.4, 0.5) is 10.2 Å². The van der Waals surface area contributed by atoms with Crippen LogP contribution in [0.15, 0.2) is 12.3 Å². The van der Waals surface area contributed by atoms with Gasteiger partial charge < -0.3 is 10.2 Å². The summed E-state index contributed by atoms with van der Waals surface area (Å²) in [6, 6.07) is 2.41. The van der Waals surface area contributed by atoms with Gasteiger partial charge in [0.25, 0.3) is 0 Å². The van der Waals surface area contributed by atoms with Crippen LogP contribution in [0.3, 0.4) is 0 Å². The summed E-state index contributed by atoms with van der Waals surface area (Å²) >= 11 is 0. The quantitative estimate of drug-likeness (QED) is 0.915. The lowest BCUT2D eigenvalue weighted by atomic mass is 10.1. The van der Waals surface area contributed by atoms with E-state index in [2.05, 4.69) is 15.2 Å². The highest BCUT2D eigenvalue weighted by Crippen LogP contribution is 2.24. The third-order valence-electron chi connectivity index (χ3n) is 4.26. The van der Waals surface area contributed by atoms with E-state index in [1.165, 1.54) is 32.1 Å². The molecule has 0 bridgehead atoms. The van der Waals surface area contributed by atoms with Crippen molar-refractivity contribution in [2.24, 2.45) is 0 Å². The maximum absolute atomic E-state index is 14.6. The Morgan fingerprint density at radius 3 is 2.55 bits per heavy atom. The Morgan fingerprint density at radius 1 is 1.15 bits per heavy atom. The molecule has 1 N–H and O–H groups in total. The molecule has 1 aliphatic carbocycles. The average Bonchev–Trinajstić information content (AvgIpc) is 3.22. The first-order valence-electron chi connectivity index (χ1n) is 7.96. The summed E-state index contributed by atoms with van der Waals surface area (Å²) in [6.45, 7) is 2.49. The van der Waals surface area contributed by atoms with Gasteiger partial charge in [0.05, 0.1) is 0 Å². The third kappa shape index (κ3) is 3.48. The standard InChI is InChI=1S/C16H24FN3/c17-15-13(12-19-14-6-7-14)8-9-18-16(15)20-10-4-2-1-3-5-11-20/h8-9,14,19H,1-7,10-12H2. The van der Waals surface area contributed by atoms with Crippen LogP contribution in [-0.2, 0) is 6.54 Å². The second-order valence-electron chi connectivity index (χ2n) is 6.02. The van der Waals surface area contributed by atoms with Crippen molar-refractivity contribution in [3.63, 3.8) is 0 Å². The van der Waals surface area contributed by atoms with Gasteiger partial charge in [0.2, 0.25) is 0 Å². The molecule has 2 fully saturated rings. The number of hydrogen-bond acceptors (Lipinski definition) is 3. The summed E-state index contributed by atoms with van der Waals surface area (Å²) in [4.78, 5) is 6.43. The lowest BCUT2D eigenvalue weighted by molar-refractivity contribution is 0.533. The van der Waals surface area contributed by atoms with E-state index in [9.17, 15) is 4.39 Å². The van der Waals surface area contributed by atoms with Gasteiger partial charge in [-0.15, -0.1) is 0 Å².